The van der Waals surface area contributed by atoms with E-state index in [1.54, 1.807) is 0 Å². The summed E-state index contributed by atoms with van der Waals surface area (Å²) in [5.41, 5.74) is 8.48. The van der Waals surface area contributed by atoms with E-state index in [-0.39, 0.29) is 0 Å². The molecule has 0 saturated carbocycles. The van der Waals surface area contributed by atoms with E-state index in [1.165, 1.54) is 55.4 Å². The minimum Gasteiger partial charge on any atom is -0.347 e. The van der Waals surface area contributed by atoms with Crippen molar-refractivity contribution in [2.45, 2.75) is 32.2 Å². The fourth-order valence-corrected chi connectivity index (χ4v) is 3.33. The number of benzene rings is 1. The van der Waals surface area contributed by atoms with Gasteiger partial charge in [0.2, 0.25) is 0 Å². The number of aryl methyl sites for hydroxylation is 1. The lowest BCUT2D eigenvalue weighted by Crippen LogP contribution is -2.21. The van der Waals surface area contributed by atoms with Crippen molar-refractivity contribution in [2.75, 3.05) is 26.2 Å². The van der Waals surface area contributed by atoms with Gasteiger partial charge in [-0.05, 0) is 63.5 Å². The van der Waals surface area contributed by atoms with Crippen LogP contribution in [0.5, 0.6) is 0 Å². The molecule has 2 N–H and O–H groups in total. The molecule has 1 aromatic heterocycles. The van der Waals surface area contributed by atoms with Gasteiger partial charge >= 0.3 is 0 Å². The Bertz CT molecular complexity index is 552. The minimum absolute atomic E-state index is 0.724. The Kier molecular flexibility index (Phi) is 4.38. The normalized spacial score (nSPS) is 16.2. The third-order valence-electron chi connectivity index (χ3n) is 4.36. The Morgan fingerprint density at radius 3 is 2.65 bits per heavy atom. The third kappa shape index (κ3) is 2.89. The standard InChI is InChI=1S/C17H25N3/c18-9-8-15-14-20(17-7-2-1-6-16(15)17)13-5-12-19-10-3-4-11-19/h1-2,6-7,14H,3-5,8-13,18H2. The number of hydrogen-bond acceptors (Lipinski definition) is 2. The fourth-order valence-electron chi connectivity index (χ4n) is 3.33. The first-order valence-electron chi connectivity index (χ1n) is 7.87. The van der Waals surface area contributed by atoms with Crippen LogP contribution in [0, 0.1) is 0 Å². The van der Waals surface area contributed by atoms with Crippen LogP contribution < -0.4 is 5.73 Å². The number of nitrogens with two attached hydrogens (primary N) is 1. The average molecular weight is 271 g/mol. The Hall–Kier alpha value is -1.32. The van der Waals surface area contributed by atoms with Gasteiger partial charge in [-0.25, -0.2) is 0 Å². The molecule has 1 fully saturated rings. The summed E-state index contributed by atoms with van der Waals surface area (Å²) < 4.78 is 2.41. The lowest BCUT2D eigenvalue weighted by atomic mass is 10.1. The van der Waals surface area contributed by atoms with Crippen LogP contribution in [0.3, 0.4) is 0 Å². The zero-order chi connectivity index (χ0) is 13.8. The van der Waals surface area contributed by atoms with E-state index in [0.717, 1.165) is 19.5 Å². The monoisotopic (exact) mass is 271 g/mol. The summed E-state index contributed by atoms with van der Waals surface area (Å²) in [5, 5.41) is 1.37. The molecule has 0 amide bonds. The molecule has 3 rings (SSSR count). The second-order valence-electron chi connectivity index (χ2n) is 5.81. The molecule has 20 heavy (non-hydrogen) atoms. The molecule has 3 heteroatoms. The van der Waals surface area contributed by atoms with Gasteiger partial charge in [-0.2, -0.15) is 0 Å². The maximum absolute atomic E-state index is 5.73. The van der Waals surface area contributed by atoms with Crippen molar-refractivity contribution >= 4 is 10.9 Å². The molecule has 2 heterocycles. The van der Waals surface area contributed by atoms with Crippen molar-refractivity contribution < 1.29 is 0 Å². The SMILES string of the molecule is NCCc1cn(CCCN2CCCC2)c2ccccc12. The summed E-state index contributed by atoms with van der Waals surface area (Å²) in [5.74, 6) is 0. The summed E-state index contributed by atoms with van der Waals surface area (Å²) in [7, 11) is 0. The van der Waals surface area contributed by atoms with Crippen LogP contribution >= 0.6 is 0 Å². The summed E-state index contributed by atoms with van der Waals surface area (Å²) in [6.07, 6.45) is 7.28. The first-order chi connectivity index (χ1) is 9.88. The van der Waals surface area contributed by atoms with Crippen molar-refractivity contribution in [1.29, 1.82) is 0 Å². The van der Waals surface area contributed by atoms with Crippen LogP contribution in [0.25, 0.3) is 10.9 Å². The number of para-hydroxylation sites is 1. The number of hydrogen-bond donors (Lipinski definition) is 1. The molecule has 3 nitrogen and oxygen atoms in total. The Morgan fingerprint density at radius 2 is 1.85 bits per heavy atom. The summed E-state index contributed by atoms with van der Waals surface area (Å²) in [4.78, 5) is 2.59. The van der Waals surface area contributed by atoms with Crippen LogP contribution in [0.2, 0.25) is 0 Å². The Balaban J connectivity index is 1.70. The van der Waals surface area contributed by atoms with Crippen LogP contribution in [0.1, 0.15) is 24.8 Å². The van der Waals surface area contributed by atoms with Crippen molar-refractivity contribution in [2.24, 2.45) is 5.73 Å². The van der Waals surface area contributed by atoms with E-state index in [9.17, 15) is 0 Å². The summed E-state index contributed by atoms with van der Waals surface area (Å²) >= 11 is 0. The van der Waals surface area contributed by atoms with Crippen LogP contribution in [0.15, 0.2) is 30.5 Å². The van der Waals surface area contributed by atoms with E-state index in [0.29, 0.717) is 0 Å². The van der Waals surface area contributed by atoms with Crippen molar-refractivity contribution in [3.05, 3.63) is 36.0 Å². The predicted octanol–water partition coefficient (Wildman–Crippen LogP) is 2.63. The average Bonchev–Trinajstić information content (AvgIpc) is 3.09. The molecule has 108 valence electrons. The second kappa shape index (κ2) is 6.42. The molecule has 0 aliphatic carbocycles. The third-order valence-corrected chi connectivity index (χ3v) is 4.36. The van der Waals surface area contributed by atoms with Crippen molar-refractivity contribution in [1.82, 2.24) is 9.47 Å². The quantitative estimate of drug-likeness (QED) is 0.876. The van der Waals surface area contributed by atoms with E-state index in [2.05, 4.69) is 39.9 Å². The summed E-state index contributed by atoms with van der Waals surface area (Å²) in [6, 6.07) is 8.70. The fraction of sp³-hybridized carbons (Fsp3) is 0.529. The van der Waals surface area contributed by atoms with Gasteiger partial charge in [0.25, 0.3) is 0 Å². The second-order valence-corrected chi connectivity index (χ2v) is 5.81. The van der Waals surface area contributed by atoms with Gasteiger partial charge < -0.3 is 15.2 Å². The van der Waals surface area contributed by atoms with E-state index in [4.69, 9.17) is 5.73 Å². The van der Waals surface area contributed by atoms with E-state index >= 15 is 0 Å². The zero-order valence-electron chi connectivity index (χ0n) is 12.2. The first kappa shape index (κ1) is 13.7. The van der Waals surface area contributed by atoms with E-state index in [1.807, 2.05) is 0 Å². The van der Waals surface area contributed by atoms with Gasteiger partial charge in [0.15, 0.2) is 0 Å². The highest BCUT2D eigenvalue weighted by atomic mass is 15.1. The smallest absolute Gasteiger partial charge is 0.0483 e. The van der Waals surface area contributed by atoms with Gasteiger partial charge in [-0.15, -0.1) is 0 Å². The maximum atomic E-state index is 5.73. The van der Waals surface area contributed by atoms with Gasteiger partial charge in [0.05, 0.1) is 0 Å². The van der Waals surface area contributed by atoms with Gasteiger partial charge in [0, 0.05) is 23.6 Å². The van der Waals surface area contributed by atoms with Gasteiger partial charge in [0.1, 0.15) is 0 Å². The highest BCUT2D eigenvalue weighted by molar-refractivity contribution is 5.84. The molecule has 1 saturated heterocycles. The number of rotatable bonds is 6. The molecular formula is C17H25N3. The maximum Gasteiger partial charge on any atom is 0.0483 e. The molecule has 0 spiro atoms. The highest BCUT2D eigenvalue weighted by Crippen LogP contribution is 2.22. The van der Waals surface area contributed by atoms with Crippen molar-refractivity contribution in [3.8, 4) is 0 Å². The topological polar surface area (TPSA) is 34.2 Å². The summed E-state index contributed by atoms with van der Waals surface area (Å²) in [6.45, 7) is 5.66. The lowest BCUT2D eigenvalue weighted by Gasteiger charge is -2.14. The molecule has 0 bridgehead atoms. The van der Waals surface area contributed by atoms with E-state index < -0.39 is 0 Å². The van der Waals surface area contributed by atoms with Gasteiger partial charge in [-0.1, -0.05) is 18.2 Å². The number of likely N-dealkylation sites (tertiary alicyclic amines) is 1. The molecule has 0 radical (unpaired) electrons. The number of aromatic nitrogens is 1. The molecule has 1 aliphatic rings. The highest BCUT2D eigenvalue weighted by Gasteiger charge is 2.11. The Morgan fingerprint density at radius 1 is 1.05 bits per heavy atom. The first-order valence-corrected chi connectivity index (χ1v) is 7.87. The van der Waals surface area contributed by atoms with Crippen LogP contribution in [-0.4, -0.2) is 35.6 Å². The predicted molar refractivity (Wildman–Crippen MR) is 85.0 cm³/mol. The molecular weight excluding hydrogens is 246 g/mol. The largest absolute Gasteiger partial charge is 0.347 e. The molecule has 1 aliphatic heterocycles. The number of nitrogens with zero attached hydrogens (tertiary/aromatic N) is 2. The van der Waals surface area contributed by atoms with Crippen molar-refractivity contribution in [3.63, 3.8) is 0 Å². The zero-order valence-corrected chi connectivity index (χ0v) is 12.2. The molecule has 2 aromatic rings. The van der Waals surface area contributed by atoms with Crippen LogP contribution in [-0.2, 0) is 13.0 Å². The molecule has 0 unspecified atom stereocenters. The number of fused-ring (bicyclic) bond motifs is 1. The van der Waals surface area contributed by atoms with Crippen LogP contribution in [0.4, 0.5) is 0 Å². The molecule has 1 aromatic carbocycles. The minimum atomic E-state index is 0.724. The molecule has 0 atom stereocenters. The lowest BCUT2D eigenvalue weighted by molar-refractivity contribution is 0.326. The Labute approximate surface area is 121 Å². The van der Waals surface area contributed by atoms with Gasteiger partial charge in [-0.3, -0.25) is 0 Å².